The molecule has 0 atom stereocenters. The molecular formula is C25H31Cl2F6N9O4. The standard InChI is InChI=1S/C15H20F3N5O2.C5Cl2F3N3O2.C5H11N/c16-15(17,18)14-21-12(19-9-5-1-2-6-9)11(23(24)25)13(22-14)20-10-7-3-4-8-10;6-2-1(13(14)15)3(7)12-4(11-2)5(8,9)10;6-5-3-1-2-4-5/h9-10H,1-8H2,(H2,19,20,21,22);;5H,1-4,6H2. The number of nitrogens with zero attached hydrogens (tertiary/aromatic N) is 6. The van der Waals surface area contributed by atoms with Gasteiger partial charge in [0.1, 0.15) is 0 Å². The summed E-state index contributed by atoms with van der Waals surface area (Å²) < 4.78 is 75.7. The predicted molar refractivity (Wildman–Crippen MR) is 156 cm³/mol. The molecule has 3 aliphatic carbocycles. The molecular weight excluding hydrogens is 675 g/mol. The molecule has 2 heterocycles. The molecule has 21 heteroatoms. The van der Waals surface area contributed by atoms with E-state index in [1.165, 1.54) is 25.7 Å². The summed E-state index contributed by atoms with van der Waals surface area (Å²) in [5.41, 5.74) is 4.07. The van der Waals surface area contributed by atoms with Crippen LogP contribution in [0.4, 0.5) is 49.4 Å². The Balaban J connectivity index is 0.000000230. The highest BCUT2D eigenvalue weighted by molar-refractivity contribution is 6.36. The maximum atomic E-state index is 13.2. The molecule has 0 amide bonds. The highest BCUT2D eigenvalue weighted by Gasteiger charge is 2.40. The Hall–Kier alpha value is -3.32. The van der Waals surface area contributed by atoms with E-state index < -0.39 is 55.5 Å². The zero-order valence-corrected chi connectivity index (χ0v) is 25.6. The van der Waals surface area contributed by atoms with E-state index in [4.69, 9.17) is 28.9 Å². The van der Waals surface area contributed by atoms with Gasteiger partial charge in [-0.1, -0.05) is 61.7 Å². The minimum Gasteiger partial charge on any atom is -0.361 e. The summed E-state index contributed by atoms with van der Waals surface area (Å²) in [4.78, 5) is 32.3. The topological polar surface area (TPSA) is 188 Å². The third kappa shape index (κ3) is 10.6. The molecule has 0 spiro atoms. The van der Waals surface area contributed by atoms with Crippen LogP contribution < -0.4 is 16.4 Å². The number of nitrogens with two attached hydrogens (primary N) is 1. The average molecular weight is 706 g/mol. The molecule has 2 aromatic heterocycles. The van der Waals surface area contributed by atoms with Crippen LogP contribution in [0.15, 0.2) is 0 Å². The molecule has 0 unspecified atom stereocenters. The van der Waals surface area contributed by atoms with E-state index in [9.17, 15) is 46.6 Å². The molecule has 3 saturated carbocycles. The quantitative estimate of drug-likeness (QED) is 0.116. The third-order valence-corrected chi connectivity index (χ3v) is 7.87. The number of nitrogens with one attached hydrogen (secondary N) is 2. The van der Waals surface area contributed by atoms with Gasteiger partial charge in [0.25, 0.3) is 0 Å². The van der Waals surface area contributed by atoms with Crippen LogP contribution in [0.1, 0.15) is 88.7 Å². The maximum Gasteiger partial charge on any atom is 0.451 e. The zero-order chi connectivity index (χ0) is 34.2. The van der Waals surface area contributed by atoms with Gasteiger partial charge in [0.2, 0.25) is 33.6 Å². The zero-order valence-electron chi connectivity index (χ0n) is 24.1. The number of halogens is 8. The van der Waals surface area contributed by atoms with Crippen molar-refractivity contribution in [3.8, 4) is 0 Å². The van der Waals surface area contributed by atoms with E-state index in [-0.39, 0.29) is 23.7 Å². The first-order chi connectivity index (χ1) is 21.5. The molecule has 0 saturated heterocycles. The highest BCUT2D eigenvalue weighted by Crippen LogP contribution is 2.38. The van der Waals surface area contributed by atoms with Crippen molar-refractivity contribution in [3.63, 3.8) is 0 Å². The Kier molecular flexibility index (Phi) is 12.9. The van der Waals surface area contributed by atoms with Crippen LogP contribution in [0, 0.1) is 20.2 Å². The molecule has 0 radical (unpaired) electrons. The average Bonchev–Trinajstić information content (AvgIpc) is 3.73. The van der Waals surface area contributed by atoms with Gasteiger partial charge < -0.3 is 16.4 Å². The Morgan fingerprint density at radius 1 is 0.630 bits per heavy atom. The second-order valence-corrected chi connectivity index (χ2v) is 11.6. The summed E-state index contributed by atoms with van der Waals surface area (Å²) in [5.74, 6) is -3.68. The van der Waals surface area contributed by atoms with E-state index in [0.29, 0.717) is 6.04 Å². The third-order valence-electron chi connectivity index (χ3n) is 7.35. The summed E-state index contributed by atoms with van der Waals surface area (Å²) in [7, 11) is 0. The van der Waals surface area contributed by atoms with Gasteiger partial charge in [-0.3, -0.25) is 20.2 Å². The summed E-state index contributed by atoms with van der Waals surface area (Å²) in [6, 6.07) is 0.341. The van der Waals surface area contributed by atoms with Crippen LogP contribution in [0.2, 0.25) is 10.3 Å². The Labute approximate surface area is 268 Å². The van der Waals surface area contributed by atoms with Crippen LogP contribution >= 0.6 is 23.2 Å². The molecule has 2 aromatic rings. The van der Waals surface area contributed by atoms with Crippen LogP contribution in [-0.4, -0.2) is 47.9 Å². The van der Waals surface area contributed by atoms with E-state index in [1.54, 1.807) is 0 Å². The maximum absolute atomic E-state index is 13.2. The number of hydrogen-bond acceptors (Lipinski definition) is 11. The van der Waals surface area contributed by atoms with Crippen molar-refractivity contribution in [2.75, 3.05) is 10.6 Å². The Bertz CT molecular complexity index is 1310. The number of anilines is 2. The number of hydrogen-bond donors (Lipinski definition) is 3. The fraction of sp³-hybridized carbons (Fsp3) is 0.680. The van der Waals surface area contributed by atoms with E-state index in [0.717, 1.165) is 51.4 Å². The molecule has 4 N–H and O–H groups in total. The molecule has 0 aliphatic heterocycles. The van der Waals surface area contributed by atoms with Gasteiger partial charge in [-0.25, -0.2) is 19.9 Å². The lowest BCUT2D eigenvalue weighted by Crippen LogP contribution is -2.23. The molecule has 46 heavy (non-hydrogen) atoms. The molecule has 256 valence electrons. The number of aromatic nitrogens is 4. The normalized spacial score (nSPS) is 17.6. The minimum absolute atomic E-state index is 0.103. The molecule has 13 nitrogen and oxygen atoms in total. The Morgan fingerprint density at radius 2 is 0.957 bits per heavy atom. The van der Waals surface area contributed by atoms with E-state index in [2.05, 4.69) is 30.6 Å². The van der Waals surface area contributed by atoms with Gasteiger partial charge in [-0.15, -0.1) is 0 Å². The van der Waals surface area contributed by atoms with Crippen molar-refractivity contribution < 1.29 is 36.2 Å². The molecule has 5 rings (SSSR count). The van der Waals surface area contributed by atoms with Crippen LogP contribution in [0.25, 0.3) is 0 Å². The molecule has 3 fully saturated rings. The van der Waals surface area contributed by atoms with Gasteiger partial charge in [0, 0.05) is 18.1 Å². The minimum atomic E-state index is -4.86. The first-order valence-electron chi connectivity index (χ1n) is 14.3. The van der Waals surface area contributed by atoms with E-state index >= 15 is 0 Å². The van der Waals surface area contributed by atoms with Gasteiger partial charge in [-0.05, 0) is 38.5 Å². The lowest BCUT2D eigenvalue weighted by Gasteiger charge is -2.18. The number of nitro groups is 2. The van der Waals surface area contributed by atoms with Crippen molar-refractivity contribution in [1.29, 1.82) is 0 Å². The lowest BCUT2D eigenvalue weighted by molar-refractivity contribution is -0.385. The second-order valence-electron chi connectivity index (χ2n) is 10.9. The summed E-state index contributed by atoms with van der Waals surface area (Å²) >= 11 is 10.3. The van der Waals surface area contributed by atoms with Gasteiger partial charge in [-0.2, -0.15) is 26.3 Å². The first-order valence-corrected chi connectivity index (χ1v) is 15.1. The van der Waals surface area contributed by atoms with Crippen LogP contribution in [-0.2, 0) is 12.4 Å². The molecule has 0 bridgehead atoms. The van der Waals surface area contributed by atoms with Gasteiger partial charge in [0.15, 0.2) is 0 Å². The van der Waals surface area contributed by atoms with Crippen molar-refractivity contribution >= 4 is 46.2 Å². The largest absolute Gasteiger partial charge is 0.451 e. The van der Waals surface area contributed by atoms with Crippen molar-refractivity contribution in [1.82, 2.24) is 19.9 Å². The van der Waals surface area contributed by atoms with Crippen molar-refractivity contribution in [2.45, 2.75) is 108 Å². The summed E-state index contributed by atoms with van der Waals surface area (Å²) in [5, 5.41) is 25.6. The van der Waals surface area contributed by atoms with Crippen molar-refractivity contribution in [2.24, 2.45) is 5.73 Å². The fourth-order valence-corrected chi connectivity index (χ4v) is 5.65. The Morgan fingerprint density at radius 3 is 1.24 bits per heavy atom. The first kappa shape index (κ1) is 37.1. The van der Waals surface area contributed by atoms with Gasteiger partial charge in [0.05, 0.1) is 9.85 Å². The highest BCUT2D eigenvalue weighted by atomic mass is 35.5. The van der Waals surface area contributed by atoms with Crippen LogP contribution in [0.3, 0.4) is 0 Å². The number of alkyl halides is 6. The predicted octanol–water partition coefficient (Wildman–Crippen LogP) is 7.71. The van der Waals surface area contributed by atoms with Gasteiger partial charge >= 0.3 is 23.7 Å². The SMILES string of the molecule is NC1CCCC1.O=[N+]([O-])c1c(Cl)nc(C(F)(F)F)nc1Cl.O=[N+]([O-])c1c(NC2CCCC2)nc(C(F)(F)F)nc1NC1CCCC1. The summed E-state index contributed by atoms with van der Waals surface area (Å²) in [6.45, 7) is 0. The summed E-state index contributed by atoms with van der Waals surface area (Å²) in [6.07, 6.45) is 2.42. The number of rotatable bonds is 6. The smallest absolute Gasteiger partial charge is 0.361 e. The molecule has 3 aliphatic rings. The van der Waals surface area contributed by atoms with Crippen molar-refractivity contribution in [3.05, 3.63) is 42.2 Å². The molecule has 0 aromatic carbocycles. The fourth-order valence-electron chi connectivity index (χ4n) is 5.12. The lowest BCUT2D eigenvalue weighted by atomic mass is 10.2. The monoisotopic (exact) mass is 705 g/mol. The van der Waals surface area contributed by atoms with E-state index in [1.807, 2.05) is 0 Å². The van der Waals surface area contributed by atoms with Crippen LogP contribution in [0.5, 0.6) is 0 Å². The second kappa shape index (κ2) is 16.0.